The molecule has 1 saturated heterocycles. The largest absolute Gasteiger partial charge is 0.508 e. The topological polar surface area (TPSA) is 289 Å². The molecule has 1 aliphatic heterocycles. The van der Waals surface area contributed by atoms with Crippen molar-refractivity contribution in [1.29, 1.82) is 0 Å². The van der Waals surface area contributed by atoms with Crippen LogP contribution in [0, 0.1) is 17.8 Å². The molecule has 74 heavy (non-hydrogen) atoms. The second-order valence-electron chi connectivity index (χ2n) is 19.0. The monoisotopic (exact) mass is 1050 g/mol. The first kappa shape index (κ1) is 58.4. The molecule has 0 aromatic heterocycles. The molecule has 11 N–H and O–H groups in total. The lowest BCUT2D eigenvalue weighted by molar-refractivity contribution is -0.145. The molecule has 0 radical (unpaired) electrons. The standard InChI is InChI=1S/C55H69N7O10S2/c1-33(2)42(55(71)72)30-49(65)47-32-74-73-31-40(29-48(64)34(3)57)50(66)59-44(26-35-12-6-4-7-13-35)53(69)61-45(27-36-17-21-39(22-18-36)38-14-8-5-9-15-38)52(68)58-43(16-10-11-25-56)51(67)60-46(54(70)62-47)28-37-19-23-41(63)24-20-37/h4-9,12-15,17-24,33-34,40,42-47,63H,10-11,16,25-32,56-57H2,1-3H3,(H,58,68)(H,59,66)(H,60,67)(H,61,69)(H,62,70)(H,71,72)/t34-,40-,42-,43-,44-,45-,46-,47-/m0/s1. The minimum Gasteiger partial charge on any atom is -0.508 e. The van der Waals surface area contributed by atoms with E-state index < -0.39 is 107 Å². The van der Waals surface area contributed by atoms with Gasteiger partial charge in [0.05, 0.1) is 23.9 Å². The normalized spacial score (nSPS) is 21.5. The molecule has 396 valence electrons. The fourth-order valence-corrected chi connectivity index (χ4v) is 10.8. The Bertz CT molecular complexity index is 2520. The van der Waals surface area contributed by atoms with Crippen molar-refractivity contribution in [3.05, 3.63) is 126 Å². The van der Waals surface area contributed by atoms with Crippen LogP contribution in [0.1, 0.15) is 69.6 Å². The lowest BCUT2D eigenvalue weighted by Gasteiger charge is -2.28. The molecule has 5 amide bonds. The number of carbonyl (C=O) groups excluding carboxylic acids is 7. The first-order valence-electron chi connectivity index (χ1n) is 24.9. The highest BCUT2D eigenvalue weighted by Gasteiger charge is 2.36. The number of carboxylic acid groups (broad SMARTS) is 1. The third-order valence-electron chi connectivity index (χ3n) is 12.8. The van der Waals surface area contributed by atoms with E-state index in [-0.39, 0.29) is 55.9 Å². The summed E-state index contributed by atoms with van der Waals surface area (Å²) >= 11 is 0. The molecule has 0 saturated carbocycles. The van der Waals surface area contributed by atoms with Gasteiger partial charge in [-0.1, -0.05) is 132 Å². The maximum atomic E-state index is 14.8. The number of nitrogens with one attached hydrogen (secondary N) is 5. The Hall–Kier alpha value is -6.54. The second kappa shape index (κ2) is 29.4. The van der Waals surface area contributed by atoms with Crippen LogP contribution in [-0.2, 0) is 57.6 Å². The molecular weight excluding hydrogens is 983 g/mol. The number of phenols is 1. The molecule has 1 aliphatic rings. The summed E-state index contributed by atoms with van der Waals surface area (Å²) < 4.78 is 0. The molecule has 1 heterocycles. The van der Waals surface area contributed by atoms with E-state index in [1.54, 1.807) is 56.3 Å². The van der Waals surface area contributed by atoms with Crippen molar-refractivity contribution in [2.45, 2.75) is 108 Å². The zero-order valence-electron chi connectivity index (χ0n) is 42.0. The van der Waals surface area contributed by atoms with Gasteiger partial charge in [0.25, 0.3) is 0 Å². The summed E-state index contributed by atoms with van der Waals surface area (Å²) in [6.45, 7) is 5.12. The van der Waals surface area contributed by atoms with Gasteiger partial charge in [-0.05, 0) is 78.6 Å². The molecule has 0 aliphatic carbocycles. The molecule has 5 rings (SSSR count). The van der Waals surface area contributed by atoms with E-state index in [1.165, 1.54) is 19.1 Å². The molecule has 0 unspecified atom stereocenters. The van der Waals surface area contributed by atoms with Gasteiger partial charge in [0, 0.05) is 43.6 Å². The zero-order chi connectivity index (χ0) is 53.7. The highest BCUT2D eigenvalue weighted by Crippen LogP contribution is 2.29. The number of amides is 5. The van der Waals surface area contributed by atoms with Crippen molar-refractivity contribution in [2.24, 2.45) is 29.2 Å². The van der Waals surface area contributed by atoms with Gasteiger partial charge in [0.1, 0.15) is 35.7 Å². The van der Waals surface area contributed by atoms with E-state index in [1.807, 2.05) is 54.6 Å². The second-order valence-corrected chi connectivity index (χ2v) is 21.6. The van der Waals surface area contributed by atoms with E-state index in [0.717, 1.165) is 32.7 Å². The van der Waals surface area contributed by atoms with E-state index in [2.05, 4.69) is 26.6 Å². The lowest BCUT2D eigenvalue weighted by atomic mass is 9.89. The molecule has 1 fully saturated rings. The highest BCUT2D eigenvalue weighted by atomic mass is 33.1. The number of benzene rings is 4. The van der Waals surface area contributed by atoms with Crippen molar-refractivity contribution < 1.29 is 48.6 Å². The van der Waals surface area contributed by atoms with Crippen molar-refractivity contribution in [2.75, 3.05) is 18.1 Å². The minimum absolute atomic E-state index is 0.00187. The molecule has 4 aromatic carbocycles. The number of Topliss-reactive ketones (excluding diaryl/α,β-unsaturated/α-hetero) is 2. The predicted molar refractivity (Wildman–Crippen MR) is 287 cm³/mol. The number of unbranched alkanes of at least 4 members (excludes halogenated alkanes) is 1. The SMILES string of the molecule is CC(C)[C@H](CC(=O)[C@@H]1CSSC[C@H](CC(=O)[C@H](C)N)C(=O)N[C@@H](Cc2ccccc2)C(=O)N[C@@H](Cc2ccc(-c3ccccc3)cc2)C(=O)N[C@@H](CCCCN)C(=O)N[C@@H](Cc2ccc(O)cc2)C(=O)N1)C(=O)O. The van der Waals surface area contributed by atoms with Gasteiger partial charge >= 0.3 is 5.97 Å². The summed E-state index contributed by atoms with van der Waals surface area (Å²) in [7, 11) is 2.24. The summed E-state index contributed by atoms with van der Waals surface area (Å²) in [6, 6.07) is 24.6. The average molecular weight is 1050 g/mol. The lowest BCUT2D eigenvalue weighted by Crippen LogP contribution is -2.60. The summed E-state index contributed by atoms with van der Waals surface area (Å²) in [6.07, 6.45) is 0.0428. The van der Waals surface area contributed by atoms with Crippen LogP contribution in [-0.4, -0.2) is 112 Å². The van der Waals surface area contributed by atoms with Gasteiger partial charge in [0.15, 0.2) is 5.78 Å². The Labute approximate surface area is 440 Å². The van der Waals surface area contributed by atoms with Crippen molar-refractivity contribution in [1.82, 2.24) is 26.6 Å². The Morgan fingerprint density at radius 3 is 1.58 bits per heavy atom. The Balaban J connectivity index is 1.60. The Morgan fingerprint density at radius 2 is 1.05 bits per heavy atom. The first-order chi connectivity index (χ1) is 35.4. The van der Waals surface area contributed by atoms with Crippen molar-refractivity contribution in [3.63, 3.8) is 0 Å². The molecule has 4 aromatic rings. The van der Waals surface area contributed by atoms with Crippen LogP contribution in [0.2, 0.25) is 0 Å². The minimum atomic E-state index is -1.37. The van der Waals surface area contributed by atoms with Crippen LogP contribution in [0.5, 0.6) is 5.75 Å². The summed E-state index contributed by atoms with van der Waals surface area (Å²) in [5, 5.41) is 34.2. The zero-order valence-corrected chi connectivity index (χ0v) is 43.6. The average Bonchev–Trinajstić information content (AvgIpc) is 3.38. The van der Waals surface area contributed by atoms with E-state index >= 15 is 0 Å². The van der Waals surface area contributed by atoms with Gasteiger partial charge in [-0.25, -0.2) is 0 Å². The fraction of sp³-hybridized carbons (Fsp3) is 0.418. The number of carboxylic acids is 1. The summed E-state index contributed by atoms with van der Waals surface area (Å²) in [4.78, 5) is 113. The molecule has 0 spiro atoms. The molecule has 0 bridgehead atoms. The van der Waals surface area contributed by atoms with Crippen LogP contribution < -0.4 is 38.1 Å². The van der Waals surface area contributed by atoms with E-state index in [0.29, 0.717) is 29.5 Å². The fourth-order valence-electron chi connectivity index (χ4n) is 8.27. The summed E-state index contributed by atoms with van der Waals surface area (Å²) in [5.41, 5.74) is 15.6. The molecule has 17 nitrogen and oxygen atoms in total. The smallest absolute Gasteiger partial charge is 0.307 e. The number of aromatic hydroxyl groups is 1. The molecular formula is C55H69N7O10S2. The molecule has 8 atom stereocenters. The van der Waals surface area contributed by atoms with Crippen LogP contribution in [0.15, 0.2) is 109 Å². The Kier molecular flexibility index (Phi) is 23.2. The number of hydrogen-bond donors (Lipinski definition) is 9. The van der Waals surface area contributed by atoms with Gasteiger partial charge in [-0.15, -0.1) is 0 Å². The van der Waals surface area contributed by atoms with Crippen LogP contribution >= 0.6 is 21.6 Å². The van der Waals surface area contributed by atoms with Gasteiger partial charge in [0.2, 0.25) is 29.5 Å². The number of ketones is 2. The van der Waals surface area contributed by atoms with Gasteiger partial charge < -0.3 is 48.3 Å². The third-order valence-corrected chi connectivity index (χ3v) is 15.3. The van der Waals surface area contributed by atoms with E-state index in [4.69, 9.17) is 11.5 Å². The van der Waals surface area contributed by atoms with Gasteiger partial charge in [-0.2, -0.15) is 0 Å². The number of aliphatic carboxylic acids is 1. The van der Waals surface area contributed by atoms with Crippen LogP contribution in [0.3, 0.4) is 0 Å². The van der Waals surface area contributed by atoms with Crippen molar-refractivity contribution >= 4 is 68.7 Å². The highest BCUT2D eigenvalue weighted by molar-refractivity contribution is 8.76. The van der Waals surface area contributed by atoms with Gasteiger partial charge in [-0.3, -0.25) is 38.4 Å². The maximum Gasteiger partial charge on any atom is 0.307 e. The van der Waals surface area contributed by atoms with Crippen molar-refractivity contribution in [3.8, 4) is 16.9 Å². The third kappa shape index (κ3) is 18.4. The number of hydrogen-bond acceptors (Lipinski definition) is 13. The summed E-state index contributed by atoms with van der Waals surface area (Å²) in [5.74, 6) is -8.56. The number of phenolic OH excluding ortho intramolecular Hbond substituents is 1. The number of nitrogens with two attached hydrogens (primary N) is 2. The number of carbonyl (C=O) groups is 8. The maximum absolute atomic E-state index is 14.8. The van der Waals surface area contributed by atoms with E-state index in [9.17, 15) is 48.6 Å². The van der Waals surface area contributed by atoms with Crippen LogP contribution in [0.4, 0.5) is 0 Å². The first-order valence-corrected chi connectivity index (χ1v) is 27.4. The predicted octanol–water partition coefficient (Wildman–Crippen LogP) is 4.27. The van der Waals surface area contributed by atoms with Crippen LogP contribution in [0.25, 0.3) is 11.1 Å². The molecule has 19 heteroatoms. The Morgan fingerprint density at radius 1 is 0.595 bits per heavy atom. The number of rotatable bonds is 19. The quantitative estimate of drug-likeness (QED) is 0.0469.